The van der Waals surface area contributed by atoms with Crippen molar-refractivity contribution in [1.82, 2.24) is 9.99 Å². The Morgan fingerprint density at radius 2 is 1.73 bits per heavy atom. The second kappa shape index (κ2) is 10.3. The molecule has 0 bridgehead atoms. The molecule has 6 nitrogen and oxygen atoms in total. The van der Waals surface area contributed by atoms with E-state index in [2.05, 4.69) is 29.6 Å². The Hall–Kier alpha value is -4.32. The first kappa shape index (κ1) is 21.9. The smallest absolute Gasteiger partial charge is 0.273 e. The molecule has 1 amide bonds. The molecule has 0 saturated heterocycles. The summed E-state index contributed by atoms with van der Waals surface area (Å²) in [4.78, 5) is 12.7. The van der Waals surface area contributed by atoms with Crippen LogP contribution < -0.4 is 14.9 Å². The van der Waals surface area contributed by atoms with Gasteiger partial charge in [0.05, 0.1) is 24.6 Å². The molecule has 6 heteroatoms. The molecule has 33 heavy (non-hydrogen) atoms. The van der Waals surface area contributed by atoms with E-state index in [-0.39, 0.29) is 5.91 Å². The highest BCUT2D eigenvalue weighted by molar-refractivity contribution is 5.98. The van der Waals surface area contributed by atoms with E-state index in [4.69, 9.17) is 9.47 Å². The van der Waals surface area contributed by atoms with Crippen LogP contribution in [0.5, 0.6) is 11.5 Å². The molecular formula is C27H25N3O3. The average molecular weight is 440 g/mol. The zero-order valence-corrected chi connectivity index (χ0v) is 18.6. The topological polar surface area (TPSA) is 64.8 Å². The first-order chi connectivity index (χ1) is 16.1. The average Bonchev–Trinajstić information content (AvgIpc) is 3.39. The maximum absolute atomic E-state index is 12.7. The highest BCUT2D eigenvalue weighted by Gasteiger charge is 2.11. The van der Waals surface area contributed by atoms with Crippen molar-refractivity contribution in [2.45, 2.75) is 13.5 Å². The number of aromatic nitrogens is 1. The second-order valence-electron chi connectivity index (χ2n) is 7.49. The molecule has 1 heterocycles. The highest BCUT2D eigenvalue weighted by atomic mass is 16.5. The molecule has 0 unspecified atom stereocenters. The van der Waals surface area contributed by atoms with E-state index in [1.807, 2.05) is 77.6 Å². The number of ether oxygens (including phenoxy) is 2. The van der Waals surface area contributed by atoms with Crippen molar-refractivity contribution >= 4 is 12.1 Å². The number of aryl methyl sites for hydroxylation is 1. The first-order valence-corrected chi connectivity index (χ1v) is 10.6. The van der Waals surface area contributed by atoms with Crippen LogP contribution in [0.2, 0.25) is 0 Å². The number of benzene rings is 3. The predicted octanol–water partition coefficient (Wildman–Crippen LogP) is 5.14. The maximum atomic E-state index is 12.7. The number of rotatable bonds is 8. The van der Waals surface area contributed by atoms with Crippen molar-refractivity contribution in [1.29, 1.82) is 0 Å². The van der Waals surface area contributed by atoms with Gasteiger partial charge in [-0.25, -0.2) is 5.43 Å². The summed E-state index contributed by atoms with van der Waals surface area (Å²) in [5.41, 5.74) is 6.97. The fourth-order valence-corrected chi connectivity index (χ4v) is 3.34. The largest absolute Gasteiger partial charge is 0.493 e. The summed E-state index contributed by atoms with van der Waals surface area (Å²) in [6, 6.07) is 24.9. The molecule has 0 aliphatic carbocycles. The lowest BCUT2D eigenvalue weighted by Gasteiger charge is -2.11. The minimum Gasteiger partial charge on any atom is -0.493 e. The SMILES string of the molecule is COc1cc(C=NNC(=O)c2ccccc2-n2cccc2)ccc1OCc1ccc(C)cc1. The van der Waals surface area contributed by atoms with Crippen molar-refractivity contribution in [3.8, 4) is 17.2 Å². The molecule has 4 rings (SSSR count). The minimum atomic E-state index is -0.291. The van der Waals surface area contributed by atoms with Crippen molar-refractivity contribution < 1.29 is 14.3 Å². The Morgan fingerprint density at radius 3 is 2.48 bits per heavy atom. The van der Waals surface area contributed by atoms with Gasteiger partial charge in [0, 0.05) is 12.4 Å². The summed E-state index contributed by atoms with van der Waals surface area (Å²) in [5.74, 6) is 0.941. The van der Waals surface area contributed by atoms with Crippen LogP contribution in [-0.2, 0) is 6.61 Å². The fraction of sp³-hybridized carbons (Fsp3) is 0.111. The first-order valence-electron chi connectivity index (χ1n) is 10.6. The number of hydrogen-bond acceptors (Lipinski definition) is 4. The summed E-state index contributed by atoms with van der Waals surface area (Å²) in [6.45, 7) is 2.50. The third-order valence-electron chi connectivity index (χ3n) is 5.11. The van der Waals surface area contributed by atoms with Crippen LogP contribution in [0.25, 0.3) is 5.69 Å². The van der Waals surface area contributed by atoms with Gasteiger partial charge in [0.1, 0.15) is 6.61 Å². The van der Waals surface area contributed by atoms with Crippen LogP contribution >= 0.6 is 0 Å². The van der Waals surface area contributed by atoms with Gasteiger partial charge in [-0.15, -0.1) is 0 Å². The maximum Gasteiger partial charge on any atom is 0.273 e. The normalized spacial score (nSPS) is 10.8. The van der Waals surface area contributed by atoms with Gasteiger partial charge >= 0.3 is 0 Å². The van der Waals surface area contributed by atoms with E-state index in [0.29, 0.717) is 23.7 Å². The van der Waals surface area contributed by atoms with Crippen LogP contribution in [-0.4, -0.2) is 23.8 Å². The highest BCUT2D eigenvalue weighted by Crippen LogP contribution is 2.28. The molecule has 0 fully saturated rings. The minimum absolute atomic E-state index is 0.291. The molecule has 1 N–H and O–H groups in total. The molecule has 0 aliphatic rings. The van der Waals surface area contributed by atoms with Crippen molar-refractivity contribution in [2.24, 2.45) is 5.10 Å². The molecule has 1 aromatic heterocycles. The van der Waals surface area contributed by atoms with E-state index >= 15 is 0 Å². The number of nitrogens with zero attached hydrogens (tertiary/aromatic N) is 2. The van der Waals surface area contributed by atoms with Gasteiger partial charge in [-0.1, -0.05) is 42.0 Å². The summed E-state index contributed by atoms with van der Waals surface area (Å²) < 4.78 is 13.3. The molecule has 0 saturated carbocycles. The number of hydrogen-bond donors (Lipinski definition) is 1. The number of hydrazone groups is 1. The molecule has 3 aromatic carbocycles. The summed E-state index contributed by atoms with van der Waals surface area (Å²) >= 11 is 0. The van der Waals surface area contributed by atoms with Gasteiger partial charge in [0.15, 0.2) is 11.5 Å². The Balaban J connectivity index is 1.41. The van der Waals surface area contributed by atoms with E-state index in [9.17, 15) is 4.79 Å². The number of amides is 1. The number of para-hydroxylation sites is 1. The third-order valence-corrected chi connectivity index (χ3v) is 5.11. The van der Waals surface area contributed by atoms with Crippen LogP contribution in [0, 0.1) is 6.92 Å². The zero-order chi connectivity index (χ0) is 23.0. The second-order valence-corrected chi connectivity index (χ2v) is 7.49. The van der Waals surface area contributed by atoms with E-state index in [1.54, 1.807) is 19.4 Å². The lowest BCUT2D eigenvalue weighted by atomic mass is 10.1. The summed E-state index contributed by atoms with van der Waals surface area (Å²) in [6.07, 6.45) is 5.36. The summed E-state index contributed by atoms with van der Waals surface area (Å²) in [7, 11) is 1.59. The lowest BCUT2D eigenvalue weighted by molar-refractivity contribution is 0.0955. The molecule has 0 spiro atoms. The van der Waals surface area contributed by atoms with Crippen LogP contribution in [0.4, 0.5) is 0 Å². The van der Waals surface area contributed by atoms with Gasteiger partial charge < -0.3 is 14.0 Å². The quantitative estimate of drug-likeness (QED) is 0.306. The molecule has 4 aromatic rings. The van der Waals surface area contributed by atoms with E-state index in [1.165, 1.54) is 5.56 Å². The van der Waals surface area contributed by atoms with Crippen LogP contribution in [0.1, 0.15) is 27.0 Å². The predicted molar refractivity (Wildman–Crippen MR) is 129 cm³/mol. The van der Waals surface area contributed by atoms with Gasteiger partial charge in [0.2, 0.25) is 0 Å². The Bertz CT molecular complexity index is 1250. The lowest BCUT2D eigenvalue weighted by Crippen LogP contribution is -2.19. The molecule has 166 valence electrons. The van der Waals surface area contributed by atoms with Crippen LogP contribution in [0.15, 0.2) is 96.4 Å². The number of methoxy groups -OCH3 is 1. The van der Waals surface area contributed by atoms with Gasteiger partial charge in [-0.2, -0.15) is 5.10 Å². The standard InChI is InChI=1S/C27H25N3O3/c1-20-9-11-21(12-10-20)19-33-25-14-13-22(17-26(25)32-2)18-28-29-27(31)23-7-3-4-8-24(23)30-15-5-6-16-30/h3-18H,19H2,1-2H3,(H,29,31). The van der Waals surface area contributed by atoms with Crippen molar-refractivity contribution in [3.05, 3.63) is 114 Å². The van der Waals surface area contributed by atoms with Gasteiger partial charge in [0.25, 0.3) is 5.91 Å². The monoisotopic (exact) mass is 439 g/mol. The Kier molecular flexibility index (Phi) is 6.85. The Labute approximate surface area is 193 Å². The molecule has 0 aliphatic heterocycles. The van der Waals surface area contributed by atoms with Crippen molar-refractivity contribution in [3.63, 3.8) is 0 Å². The number of carbonyl (C=O) groups excluding carboxylic acids is 1. The third kappa shape index (κ3) is 5.49. The van der Waals surface area contributed by atoms with Gasteiger partial charge in [-0.05, 0) is 60.5 Å². The Morgan fingerprint density at radius 1 is 0.970 bits per heavy atom. The fourth-order valence-electron chi connectivity index (χ4n) is 3.34. The van der Waals surface area contributed by atoms with Crippen LogP contribution in [0.3, 0.4) is 0 Å². The molecular weight excluding hydrogens is 414 g/mol. The zero-order valence-electron chi connectivity index (χ0n) is 18.6. The van der Waals surface area contributed by atoms with E-state index in [0.717, 1.165) is 16.8 Å². The molecule has 0 radical (unpaired) electrons. The summed E-state index contributed by atoms with van der Waals surface area (Å²) in [5, 5.41) is 4.12. The van der Waals surface area contributed by atoms with E-state index < -0.39 is 0 Å². The number of nitrogens with one attached hydrogen (secondary N) is 1. The van der Waals surface area contributed by atoms with Gasteiger partial charge in [-0.3, -0.25) is 4.79 Å². The number of carbonyl (C=O) groups is 1. The van der Waals surface area contributed by atoms with Crippen molar-refractivity contribution in [2.75, 3.05) is 7.11 Å². The molecule has 0 atom stereocenters.